The maximum atomic E-state index is 9.19. The van der Waals surface area contributed by atoms with Crippen molar-refractivity contribution >= 4 is 38.9 Å². The van der Waals surface area contributed by atoms with Crippen LogP contribution < -0.4 is 0 Å². The third-order valence-electron chi connectivity index (χ3n) is 2.36. The summed E-state index contributed by atoms with van der Waals surface area (Å²) in [6.07, 6.45) is 1.92. The second kappa shape index (κ2) is 5.31. The van der Waals surface area contributed by atoms with Crippen molar-refractivity contribution < 1.29 is 0 Å². The molecule has 0 spiro atoms. The molecule has 0 aliphatic heterocycles. The number of rotatable bonds is 2. The van der Waals surface area contributed by atoms with Crippen molar-refractivity contribution in [3.8, 4) is 6.07 Å². The summed E-state index contributed by atoms with van der Waals surface area (Å²) >= 11 is 5.03. The number of benzene rings is 1. The third-order valence-corrected chi connectivity index (χ3v) is 3.93. The average molecular weight is 304 g/mol. The highest BCUT2D eigenvalue weighted by Crippen LogP contribution is 2.26. The van der Waals surface area contributed by atoms with E-state index in [9.17, 15) is 5.26 Å². The molecule has 0 aliphatic carbocycles. The van der Waals surface area contributed by atoms with Crippen LogP contribution in [0.25, 0.3) is 11.6 Å². The molecule has 84 valence electrons. The van der Waals surface area contributed by atoms with Crippen molar-refractivity contribution in [2.24, 2.45) is 0 Å². The van der Waals surface area contributed by atoms with Crippen molar-refractivity contribution in [2.75, 3.05) is 0 Å². The van der Waals surface area contributed by atoms with Crippen molar-refractivity contribution in [1.82, 2.24) is 0 Å². The van der Waals surface area contributed by atoms with Crippen LogP contribution in [0, 0.1) is 18.3 Å². The van der Waals surface area contributed by atoms with Gasteiger partial charge in [0.15, 0.2) is 0 Å². The predicted octanol–water partition coefficient (Wildman–Crippen LogP) is 4.88. The summed E-state index contributed by atoms with van der Waals surface area (Å²) in [7, 11) is 0. The summed E-state index contributed by atoms with van der Waals surface area (Å²) in [6, 6.07) is 14.2. The molecule has 0 aliphatic rings. The number of hydrogen-bond acceptors (Lipinski definition) is 2. The van der Waals surface area contributed by atoms with Crippen molar-refractivity contribution in [3.05, 3.63) is 56.2 Å². The lowest BCUT2D eigenvalue weighted by molar-refractivity contribution is 1.45. The topological polar surface area (TPSA) is 23.8 Å². The van der Waals surface area contributed by atoms with Gasteiger partial charge in [0.1, 0.15) is 0 Å². The van der Waals surface area contributed by atoms with Crippen LogP contribution in [0.15, 0.2) is 40.2 Å². The van der Waals surface area contributed by atoms with Gasteiger partial charge in [-0.15, -0.1) is 11.3 Å². The molecule has 2 aromatic rings. The first kappa shape index (κ1) is 12.1. The first-order chi connectivity index (χ1) is 8.19. The second-order valence-electron chi connectivity index (χ2n) is 3.68. The zero-order chi connectivity index (χ0) is 12.3. The largest absolute Gasteiger partial charge is 0.192 e. The Kier molecular flexibility index (Phi) is 3.78. The van der Waals surface area contributed by atoms with E-state index in [-0.39, 0.29) is 0 Å². The van der Waals surface area contributed by atoms with Gasteiger partial charge in [-0.2, -0.15) is 5.26 Å². The Morgan fingerprint density at radius 1 is 1.24 bits per heavy atom. The molecule has 0 N–H and O–H groups in total. The Morgan fingerprint density at radius 2 is 1.94 bits per heavy atom. The van der Waals surface area contributed by atoms with Gasteiger partial charge in [-0.05, 0) is 46.6 Å². The van der Waals surface area contributed by atoms with E-state index in [1.54, 1.807) is 11.3 Å². The highest BCUT2D eigenvalue weighted by molar-refractivity contribution is 9.11. The Hall–Kier alpha value is -1.37. The standard InChI is InChI=1S/C14H10BrNS/c1-10-2-4-11(5-3-10)12(9-16)8-13-6-7-14(15)17-13/h2-8H,1H3/b12-8+. The molecular formula is C14H10BrNS. The van der Waals surface area contributed by atoms with Crippen molar-refractivity contribution in [2.45, 2.75) is 6.92 Å². The Morgan fingerprint density at radius 3 is 2.47 bits per heavy atom. The minimum atomic E-state index is 0.694. The SMILES string of the molecule is Cc1ccc(/C(C#N)=C/c2ccc(Br)s2)cc1. The molecule has 0 saturated carbocycles. The maximum Gasteiger partial charge on any atom is 0.0998 e. The van der Waals surface area contributed by atoms with Crippen LogP contribution in [0.2, 0.25) is 0 Å². The van der Waals surface area contributed by atoms with E-state index in [0.29, 0.717) is 5.57 Å². The van der Waals surface area contributed by atoms with E-state index in [1.807, 2.05) is 49.4 Å². The normalized spacial score (nSPS) is 11.2. The number of nitrogens with zero attached hydrogens (tertiary/aromatic N) is 1. The first-order valence-corrected chi connectivity index (χ1v) is 6.74. The quantitative estimate of drug-likeness (QED) is 0.725. The van der Waals surface area contributed by atoms with Gasteiger partial charge in [0.2, 0.25) is 0 Å². The molecule has 0 amide bonds. The molecule has 1 aromatic heterocycles. The van der Waals surface area contributed by atoms with Crippen LogP contribution in [0.5, 0.6) is 0 Å². The Bertz CT molecular complexity index is 587. The molecule has 1 aromatic carbocycles. The number of allylic oxidation sites excluding steroid dienone is 1. The highest BCUT2D eigenvalue weighted by Gasteiger charge is 2.02. The van der Waals surface area contributed by atoms with Crippen LogP contribution >= 0.6 is 27.3 Å². The molecule has 3 heteroatoms. The fourth-order valence-electron chi connectivity index (χ4n) is 1.46. The van der Waals surface area contributed by atoms with Crippen LogP contribution in [0.3, 0.4) is 0 Å². The van der Waals surface area contributed by atoms with Gasteiger partial charge in [-0.3, -0.25) is 0 Å². The summed E-state index contributed by atoms with van der Waals surface area (Å²) < 4.78 is 1.07. The Labute approximate surface area is 113 Å². The fourth-order valence-corrected chi connectivity index (χ4v) is 2.83. The number of thiophene rings is 1. The average Bonchev–Trinajstić information content (AvgIpc) is 2.73. The predicted molar refractivity (Wildman–Crippen MR) is 76.7 cm³/mol. The van der Waals surface area contributed by atoms with Crippen LogP contribution in [0.1, 0.15) is 16.0 Å². The van der Waals surface area contributed by atoms with Gasteiger partial charge in [0.25, 0.3) is 0 Å². The molecule has 0 fully saturated rings. The molecule has 17 heavy (non-hydrogen) atoms. The lowest BCUT2D eigenvalue weighted by Crippen LogP contribution is -1.81. The lowest BCUT2D eigenvalue weighted by atomic mass is 10.0. The summed E-state index contributed by atoms with van der Waals surface area (Å²) in [5, 5.41) is 9.19. The zero-order valence-electron chi connectivity index (χ0n) is 9.27. The van der Waals surface area contributed by atoms with Gasteiger partial charge < -0.3 is 0 Å². The number of nitriles is 1. The van der Waals surface area contributed by atoms with Gasteiger partial charge in [-0.1, -0.05) is 29.8 Å². The summed E-state index contributed by atoms with van der Waals surface area (Å²) in [4.78, 5) is 1.08. The summed E-state index contributed by atoms with van der Waals surface area (Å²) in [6.45, 7) is 2.04. The van der Waals surface area contributed by atoms with E-state index >= 15 is 0 Å². The minimum absolute atomic E-state index is 0.694. The number of hydrogen-bond donors (Lipinski definition) is 0. The van der Waals surface area contributed by atoms with Gasteiger partial charge in [-0.25, -0.2) is 0 Å². The molecular weight excluding hydrogens is 294 g/mol. The van der Waals surface area contributed by atoms with Gasteiger partial charge >= 0.3 is 0 Å². The van der Waals surface area contributed by atoms with E-state index in [4.69, 9.17) is 0 Å². The number of aryl methyl sites for hydroxylation is 1. The van der Waals surface area contributed by atoms with Crippen LogP contribution in [0.4, 0.5) is 0 Å². The van der Waals surface area contributed by atoms with E-state index in [0.717, 1.165) is 14.2 Å². The van der Waals surface area contributed by atoms with E-state index in [1.165, 1.54) is 5.56 Å². The molecule has 0 bridgehead atoms. The van der Waals surface area contributed by atoms with Crippen LogP contribution in [-0.2, 0) is 0 Å². The maximum absolute atomic E-state index is 9.19. The van der Waals surface area contributed by atoms with Crippen molar-refractivity contribution in [1.29, 1.82) is 5.26 Å². The Balaban J connectivity index is 2.37. The fraction of sp³-hybridized carbons (Fsp3) is 0.0714. The summed E-state index contributed by atoms with van der Waals surface area (Å²) in [5.74, 6) is 0. The lowest BCUT2D eigenvalue weighted by Gasteiger charge is -1.99. The van der Waals surface area contributed by atoms with Crippen LogP contribution in [-0.4, -0.2) is 0 Å². The summed E-state index contributed by atoms with van der Waals surface area (Å²) in [5.41, 5.74) is 2.85. The van der Waals surface area contributed by atoms with Gasteiger partial charge in [0, 0.05) is 4.88 Å². The van der Waals surface area contributed by atoms with E-state index in [2.05, 4.69) is 22.0 Å². The molecule has 2 rings (SSSR count). The smallest absolute Gasteiger partial charge is 0.0998 e. The molecule has 1 nitrogen and oxygen atoms in total. The molecule has 1 heterocycles. The third kappa shape index (κ3) is 3.06. The monoisotopic (exact) mass is 303 g/mol. The van der Waals surface area contributed by atoms with E-state index < -0.39 is 0 Å². The molecule has 0 atom stereocenters. The first-order valence-electron chi connectivity index (χ1n) is 5.13. The van der Waals surface area contributed by atoms with Crippen molar-refractivity contribution in [3.63, 3.8) is 0 Å². The zero-order valence-corrected chi connectivity index (χ0v) is 11.7. The molecule has 0 radical (unpaired) electrons. The molecule has 0 unspecified atom stereocenters. The molecule has 0 saturated heterocycles. The second-order valence-corrected chi connectivity index (χ2v) is 6.17. The number of halogens is 1. The minimum Gasteiger partial charge on any atom is -0.192 e. The highest BCUT2D eigenvalue weighted by atomic mass is 79.9. The van der Waals surface area contributed by atoms with Gasteiger partial charge in [0.05, 0.1) is 15.4 Å².